The molecule has 1 aliphatic rings. The number of nitrogens with one attached hydrogen (secondary N) is 2. The van der Waals surface area contributed by atoms with E-state index < -0.39 is 11.5 Å². The van der Waals surface area contributed by atoms with Gasteiger partial charge in [-0.3, -0.25) is 23.5 Å². The molecule has 4 rings (SSSR count). The summed E-state index contributed by atoms with van der Waals surface area (Å²) < 4.78 is 3.09. The number of nitrogens with zero attached hydrogens (tertiary/aromatic N) is 2. The summed E-state index contributed by atoms with van der Waals surface area (Å²) in [6.45, 7) is 2.27. The van der Waals surface area contributed by atoms with Crippen molar-refractivity contribution in [3.05, 3.63) is 68.0 Å². The topological polar surface area (TPSA) is 132 Å². The monoisotopic (exact) mass is 409 g/mol. The normalized spacial score (nSPS) is 15.7. The molecule has 2 amide bonds. The van der Waals surface area contributed by atoms with Crippen molar-refractivity contribution in [2.75, 3.05) is 0 Å². The minimum Gasteiger partial charge on any atom is -0.365 e. The zero-order valence-electron chi connectivity index (χ0n) is 16.6. The number of aromatic nitrogens is 3. The Bertz CT molecular complexity index is 1270. The number of hydrogen-bond donors (Lipinski definition) is 3. The summed E-state index contributed by atoms with van der Waals surface area (Å²) in [6.07, 6.45) is 2.09. The molecule has 156 valence electrons. The first-order chi connectivity index (χ1) is 14.4. The predicted molar refractivity (Wildman–Crippen MR) is 111 cm³/mol. The molecule has 0 aliphatic heterocycles. The van der Waals surface area contributed by atoms with Crippen LogP contribution in [0.5, 0.6) is 0 Å². The number of aryl methyl sites for hydroxylation is 2. The SMILES string of the molecule is CCn1c(=O)n(CC(=O)N[C@H]2CCCc3[nH]c(=O)c(C(N)=O)cc32)c2ccccc21. The number of benzene rings is 1. The molecule has 9 heteroatoms. The number of fused-ring (bicyclic) bond motifs is 2. The molecule has 1 aromatic carbocycles. The number of pyridine rings is 1. The molecule has 0 unspecified atom stereocenters. The van der Waals surface area contributed by atoms with Crippen molar-refractivity contribution >= 4 is 22.8 Å². The molecule has 2 aromatic heterocycles. The fourth-order valence-corrected chi connectivity index (χ4v) is 4.19. The third kappa shape index (κ3) is 3.32. The lowest BCUT2D eigenvalue weighted by Gasteiger charge is -2.26. The molecule has 0 radical (unpaired) electrons. The molecular weight excluding hydrogens is 386 g/mol. The number of imidazole rings is 1. The van der Waals surface area contributed by atoms with E-state index in [9.17, 15) is 19.2 Å². The molecule has 1 atom stereocenters. The molecular formula is C21H23N5O4. The fraction of sp³-hybridized carbons (Fsp3) is 0.333. The molecule has 30 heavy (non-hydrogen) atoms. The van der Waals surface area contributed by atoms with Gasteiger partial charge in [-0.2, -0.15) is 0 Å². The Kier molecular flexibility index (Phi) is 5.03. The Labute approximate surface area is 171 Å². The van der Waals surface area contributed by atoms with Gasteiger partial charge in [0, 0.05) is 12.2 Å². The molecule has 0 saturated carbocycles. The summed E-state index contributed by atoms with van der Waals surface area (Å²) in [5.74, 6) is -1.13. The van der Waals surface area contributed by atoms with Gasteiger partial charge in [0.1, 0.15) is 12.1 Å². The second-order valence-corrected chi connectivity index (χ2v) is 7.42. The Morgan fingerprint density at radius 3 is 2.57 bits per heavy atom. The maximum atomic E-state index is 12.8. The van der Waals surface area contributed by atoms with Crippen LogP contribution in [0.15, 0.2) is 39.9 Å². The highest BCUT2D eigenvalue weighted by Gasteiger charge is 2.25. The van der Waals surface area contributed by atoms with E-state index in [0.29, 0.717) is 36.2 Å². The molecule has 0 saturated heterocycles. The molecule has 0 spiro atoms. The number of amides is 2. The lowest BCUT2D eigenvalue weighted by molar-refractivity contribution is -0.122. The third-order valence-electron chi connectivity index (χ3n) is 5.60. The molecule has 9 nitrogen and oxygen atoms in total. The van der Waals surface area contributed by atoms with Crippen LogP contribution in [-0.4, -0.2) is 25.9 Å². The Balaban J connectivity index is 1.63. The van der Waals surface area contributed by atoms with Crippen molar-refractivity contribution in [3.8, 4) is 0 Å². The maximum absolute atomic E-state index is 12.8. The van der Waals surface area contributed by atoms with Gasteiger partial charge in [0.2, 0.25) is 5.91 Å². The van der Waals surface area contributed by atoms with Crippen LogP contribution in [0.2, 0.25) is 0 Å². The van der Waals surface area contributed by atoms with E-state index in [-0.39, 0.29) is 29.7 Å². The van der Waals surface area contributed by atoms with E-state index in [1.54, 1.807) is 4.57 Å². The first-order valence-electron chi connectivity index (χ1n) is 9.94. The Morgan fingerprint density at radius 2 is 1.90 bits per heavy atom. The second kappa shape index (κ2) is 7.66. The van der Waals surface area contributed by atoms with E-state index in [0.717, 1.165) is 11.9 Å². The van der Waals surface area contributed by atoms with Gasteiger partial charge in [-0.25, -0.2) is 4.79 Å². The quantitative estimate of drug-likeness (QED) is 0.575. The number of aromatic amines is 1. The highest BCUT2D eigenvalue weighted by Crippen LogP contribution is 2.28. The van der Waals surface area contributed by atoms with Crippen LogP contribution in [0.4, 0.5) is 0 Å². The van der Waals surface area contributed by atoms with E-state index in [1.807, 2.05) is 31.2 Å². The van der Waals surface area contributed by atoms with E-state index in [2.05, 4.69) is 10.3 Å². The Morgan fingerprint density at radius 1 is 1.20 bits per heavy atom. The van der Waals surface area contributed by atoms with Crippen LogP contribution in [0, 0.1) is 0 Å². The molecule has 0 bridgehead atoms. The van der Waals surface area contributed by atoms with Gasteiger partial charge in [-0.15, -0.1) is 0 Å². The van der Waals surface area contributed by atoms with Crippen LogP contribution < -0.4 is 22.3 Å². The summed E-state index contributed by atoms with van der Waals surface area (Å²) in [6, 6.07) is 8.45. The van der Waals surface area contributed by atoms with Crippen LogP contribution >= 0.6 is 0 Å². The number of carbonyl (C=O) groups excluding carboxylic acids is 2. The molecule has 4 N–H and O–H groups in total. The average Bonchev–Trinajstić information content (AvgIpc) is 2.98. The van der Waals surface area contributed by atoms with Gasteiger partial charge in [0.05, 0.1) is 17.1 Å². The van der Waals surface area contributed by atoms with Crippen LogP contribution in [-0.2, 0) is 24.3 Å². The van der Waals surface area contributed by atoms with E-state index >= 15 is 0 Å². The van der Waals surface area contributed by atoms with Gasteiger partial charge >= 0.3 is 5.69 Å². The van der Waals surface area contributed by atoms with Crippen LogP contribution in [0.1, 0.15) is 47.4 Å². The highest BCUT2D eigenvalue weighted by atomic mass is 16.2. The lowest BCUT2D eigenvalue weighted by Crippen LogP contribution is -2.37. The first kappa shape index (κ1) is 19.7. The first-order valence-corrected chi connectivity index (χ1v) is 9.94. The number of hydrogen-bond acceptors (Lipinski definition) is 4. The summed E-state index contributed by atoms with van der Waals surface area (Å²) in [5, 5.41) is 2.95. The van der Waals surface area contributed by atoms with E-state index in [4.69, 9.17) is 5.73 Å². The van der Waals surface area contributed by atoms with Gasteiger partial charge in [-0.05, 0) is 49.9 Å². The molecule has 1 aliphatic carbocycles. The smallest absolute Gasteiger partial charge is 0.329 e. The number of nitrogens with two attached hydrogens (primary N) is 1. The van der Waals surface area contributed by atoms with Gasteiger partial charge < -0.3 is 16.0 Å². The molecule has 2 heterocycles. The van der Waals surface area contributed by atoms with Crippen LogP contribution in [0.3, 0.4) is 0 Å². The largest absolute Gasteiger partial charge is 0.365 e. The van der Waals surface area contributed by atoms with Crippen molar-refractivity contribution in [1.29, 1.82) is 0 Å². The number of para-hydroxylation sites is 2. The van der Waals surface area contributed by atoms with Crippen molar-refractivity contribution in [2.24, 2.45) is 5.73 Å². The number of carbonyl (C=O) groups is 2. The van der Waals surface area contributed by atoms with E-state index in [1.165, 1.54) is 10.6 Å². The summed E-state index contributed by atoms with van der Waals surface area (Å²) in [5.41, 5.74) is 7.27. The highest BCUT2D eigenvalue weighted by molar-refractivity contribution is 5.92. The van der Waals surface area contributed by atoms with Gasteiger partial charge in [0.25, 0.3) is 11.5 Å². The standard InChI is InChI=1S/C21H23N5O4/c1-2-25-16-8-3-4-9-17(16)26(21(25)30)11-18(27)23-14-6-5-7-15-12(14)10-13(19(22)28)20(29)24-15/h3-4,8-10,14H,2,5-7,11H2,1H3,(H2,22,28)(H,23,27)(H,24,29)/t14-/m0/s1. The summed E-state index contributed by atoms with van der Waals surface area (Å²) >= 11 is 0. The van der Waals surface area contributed by atoms with Crippen molar-refractivity contribution in [2.45, 2.75) is 45.3 Å². The summed E-state index contributed by atoms with van der Waals surface area (Å²) in [7, 11) is 0. The molecule has 3 aromatic rings. The van der Waals surface area contributed by atoms with Crippen molar-refractivity contribution in [1.82, 2.24) is 19.4 Å². The number of rotatable bonds is 5. The van der Waals surface area contributed by atoms with Gasteiger partial charge in [-0.1, -0.05) is 12.1 Å². The van der Waals surface area contributed by atoms with Crippen molar-refractivity contribution in [3.63, 3.8) is 0 Å². The fourth-order valence-electron chi connectivity index (χ4n) is 4.19. The minimum atomic E-state index is -0.811. The second-order valence-electron chi connectivity index (χ2n) is 7.42. The predicted octanol–water partition coefficient (Wildman–Crippen LogP) is 0.804. The summed E-state index contributed by atoms with van der Waals surface area (Å²) in [4.78, 5) is 51.8. The maximum Gasteiger partial charge on any atom is 0.329 e. The zero-order chi connectivity index (χ0) is 21.4. The third-order valence-corrected chi connectivity index (χ3v) is 5.60. The lowest BCUT2D eigenvalue weighted by atomic mass is 9.90. The van der Waals surface area contributed by atoms with Crippen molar-refractivity contribution < 1.29 is 9.59 Å². The number of H-pyrrole nitrogens is 1. The number of primary amides is 1. The average molecular weight is 409 g/mol. The van der Waals surface area contributed by atoms with Crippen LogP contribution in [0.25, 0.3) is 11.0 Å². The molecule has 0 fully saturated rings. The van der Waals surface area contributed by atoms with Gasteiger partial charge in [0.15, 0.2) is 0 Å². The zero-order valence-corrected chi connectivity index (χ0v) is 16.6. The minimum absolute atomic E-state index is 0.121. The Hall–Kier alpha value is -3.62.